The van der Waals surface area contributed by atoms with E-state index in [-0.39, 0.29) is 6.04 Å². The number of halogens is 1. The number of pyridine rings is 1. The zero-order chi connectivity index (χ0) is 8.10. The van der Waals surface area contributed by atoms with Crippen LogP contribution < -0.4 is 5.54 Å². The van der Waals surface area contributed by atoms with Crippen LogP contribution in [0.25, 0.3) is 0 Å². The van der Waals surface area contributed by atoms with Gasteiger partial charge in [-0.2, -0.15) is 5.54 Å². The normalized spacial score (nSPS) is 12.9. The molecule has 0 saturated carbocycles. The molecule has 1 N–H and O–H groups in total. The van der Waals surface area contributed by atoms with Crippen molar-refractivity contribution >= 4 is 0 Å². The molecule has 0 radical (unpaired) electrons. The van der Waals surface area contributed by atoms with Crippen molar-refractivity contribution in [3.63, 3.8) is 0 Å². The van der Waals surface area contributed by atoms with Gasteiger partial charge in [0.25, 0.3) is 0 Å². The lowest BCUT2D eigenvalue weighted by Gasteiger charge is -2.05. The first kappa shape index (κ1) is 8.14. The Bertz CT molecular complexity index is 201. The molecule has 0 aliphatic carbocycles. The summed E-state index contributed by atoms with van der Waals surface area (Å²) in [6, 6.07) is 3.64. The van der Waals surface area contributed by atoms with Gasteiger partial charge in [-0.3, -0.25) is 4.98 Å². The molecule has 0 aliphatic rings. The van der Waals surface area contributed by atoms with Crippen molar-refractivity contribution in [3.8, 4) is 0 Å². The van der Waals surface area contributed by atoms with Gasteiger partial charge >= 0.3 is 0 Å². The third-order valence-electron chi connectivity index (χ3n) is 1.48. The summed E-state index contributed by atoms with van der Waals surface area (Å²) in [6.45, 7) is 1.79. The van der Waals surface area contributed by atoms with E-state index < -0.39 is 0 Å². The third-order valence-corrected chi connectivity index (χ3v) is 1.48. The number of nitrogens with one attached hydrogen (secondary N) is 1. The van der Waals surface area contributed by atoms with Crippen LogP contribution in [-0.4, -0.2) is 11.0 Å². The maximum Gasteiger partial charge on any atom is 0.0383 e. The van der Waals surface area contributed by atoms with Crippen molar-refractivity contribution in [2.75, 3.05) is 0 Å². The zero-order valence-electron chi connectivity index (χ0n) is 6.42. The molecular formula is C8H11FN2. The fourth-order valence-electron chi connectivity index (χ4n) is 0.911. The van der Waals surface area contributed by atoms with E-state index in [1.165, 1.54) is 0 Å². The molecule has 1 unspecified atom stereocenters. The van der Waals surface area contributed by atoms with Gasteiger partial charge in [0.05, 0.1) is 0 Å². The lowest BCUT2D eigenvalue weighted by atomic mass is 10.1. The second kappa shape index (κ2) is 4.03. The first-order valence-corrected chi connectivity index (χ1v) is 3.58. The Hall–Kier alpha value is -0.960. The molecular weight excluding hydrogens is 143 g/mol. The molecule has 0 fully saturated rings. The predicted octanol–water partition coefficient (Wildman–Crippen LogP) is 1.49. The molecule has 0 bridgehead atoms. The first-order chi connectivity index (χ1) is 5.33. The Morgan fingerprint density at radius 3 is 2.73 bits per heavy atom. The lowest BCUT2D eigenvalue weighted by Crippen LogP contribution is -2.19. The monoisotopic (exact) mass is 154 g/mol. The van der Waals surface area contributed by atoms with Crippen LogP contribution in [0.1, 0.15) is 12.5 Å². The van der Waals surface area contributed by atoms with Crippen molar-refractivity contribution in [3.05, 3.63) is 30.1 Å². The van der Waals surface area contributed by atoms with E-state index in [0.717, 1.165) is 5.56 Å². The van der Waals surface area contributed by atoms with Crippen molar-refractivity contribution in [2.45, 2.75) is 19.4 Å². The van der Waals surface area contributed by atoms with Gasteiger partial charge in [0.2, 0.25) is 0 Å². The maximum atomic E-state index is 11.8. The quantitative estimate of drug-likeness (QED) is 0.667. The van der Waals surface area contributed by atoms with E-state index in [1.807, 2.05) is 12.1 Å². The van der Waals surface area contributed by atoms with Crippen LogP contribution in [0.5, 0.6) is 0 Å². The van der Waals surface area contributed by atoms with Crippen LogP contribution in [0.2, 0.25) is 0 Å². The Balaban J connectivity index is 2.51. The van der Waals surface area contributed by atoms with Gasteiger partial charge in [0.15, 0.2) is 0 Å². The number of rotatable bonds is 3. The van der Waals surface area contributed by atoms with Crippen LogP contribution in [0, 0.1) is 0 Å². The molecule has 0 spiro atoms. The summed E-state index contributed by atoms with van der Waals surface area (Å²) in [4.78, 5) is 3.86. The summed E-state index contributed by atoms with van der Waals surface area (Å²) < 4.78 is 11.8. The largest absolute Gasteiger partial charge is 0.265 e. The molecule has 60 valence electrons. The van der Waals surface area contributed by atoms with E-state index in [2.05, 4.69) is 4.98 Å². The van der Waals surface area contributed by atoms with Crippen molar-refractivity contribution in [1.82, 2.24) is 10.5 Å². The number of hydrogen-bond donors (Lipinski definition) is 1. The fraction of sp³-hybridized carbons (Fsp3) is 0.375. The zero-order valence-corrected chi connectivity index (χ0v) is 6.42. The fourth-order valence-corrected chi connectivity index (χ4v) is 0.911. The van der Waals surface area contributed by atoms with Gasteiger partial charge in [0, 0.05) is 18.4 Å². The third kappa shape index (κ3) is 2.63. The molecule has 0 saturated heterocycles. The van der Waals surface area contributed by atoms with Crippen LogP contribution >= 0.6 is 0 Å². The highest BCUT2D eigenvalue weighted by Crippen LogP contribution is 2.00. The SMILES string of the molecule is CC(Cc1ccncc1)NF. The molecule has 0 aromatic carbocycles. The predicted molar refractivity (Wildman–Crippen MR) is 41.6 cm³/mol. The minimum absolute atomic E-state index is 0.127. The molecule has 2 nitrogen and oxygen atoms in total. The minimum Gasteiger partial charge on any atom is -0.265 e. The molecule has 0 amide bonds. The van der Waals surface area contributed by atoms with Gasteiger partial charge in [-0.25, -0.2) is 0 Å². The summed E-state index contributed by atoms with van der Waals surface area (Å²) in [5.74, 6) is 0. The lowest BCUT2D eigenvalue weighted by molar-refractivity contribution is 0.281. The topological polar surface area (TPSA) is 24.9 Å². The van der Waals surface area contributed by atoms with E-state index in [4.69, 9.17) is 0 Å². The second-order valence-electron chi connectivity index (χ2n) is 2.57. The van der Waals surface area contributed by atoms with E-state index in [9.17, 15) is 4.48 Å². The molecule has 11 heavy (non-hydrogen) atoms. The molecule has 3 heteroatoms. The average molecular weight is 154 g/mol. The molecule has 1 rings (SSSR count). The number of hydrogen-bond acceptors (Lipinski definition) is 2. The summed E-state index contributed by atoms with van der Waals surface area (Å²) in [6.07, 6.45) is 4.11. The average Bonchev–Trinajstić information content (AvgIpc) is 2.06. The van der Waals surface area contributed by atoms with Crippen molar-refractivity contribution in [1.29, 1.82) is 0 Å². The molecule has 0 aliphatic heterocycles. The Morgan fingerprint density at radius 2 is 2.18 bits per heavy atom. The highest BCUT2D eigenvalue weighted by molar-refractivity contribution is 5.10. The standard InChI is InChI=1S/C8H11FN2/c1-7(11-9)6-8-2-4-10-5-3-8/h2-5,7,11H,6H2,1H3. The molecule has 1 aromatic heterocycles. The highest BCUT2D eigenvalue weighted by Gasteiger charge is 2.00. The second-order valence-corrected chi connectivity index (χ2v) is 2.57. The Morgan fingerprint density at radius 1 is 1.55 bits per heavy atom. The molecule has 1 atom stereocenters. The Kier molecular flexibility index (Phi) is 2.98. The summed E-state index contributed by atoms with van der Waals surface area (Å²) >= 11 is 0. The first-order valence-electron chi connectivity index (χ1n) is 3.58. The summed E-state index contributed by atoms with van der Waals surface area (Å²) in [5, 5.41) is 0. The molecule has 1 heterocycles. The summed E-state index contributed by atoms with van der Waals surface area (Å²) in [5.41, 5.74) is 2.79. The van der Waals surface area contributed by atoms with Crippen LogP contribution in [0.15, 0.2) is 24.5 Å². The smallest absolute Gasteiger partial charge is 0.0383 e. The van der Waals surface area contributed by atoms with Gasteiger partial charge < -0.3 is 0 Å². The van der Waals surface area contributed by atoms with E-state index in [1.54, 1.807) is 24.9 Å². The van der Waals surface area contributed by atoms with E-state index >= 15 is 0 Å². The highest BCUT2D eigenvalue weighted by atomic mass is 19.2. The van der Waals surface area contributed by atoms with Gasteiger partial charge in [-0.1, -0.05) is 0 Å². The van der Waals surface area contributed by atoms with Gasteiger partial charge in [-0.05, 0) is 31.0 Å². The molecule has 1 aromatic rings. The maximum absolute atomic E-state index is 11.8. The minimum atomic E-state index is -0.127. The van der Waals surface area contributed by atoms with Crippen molar-refractivity contribution < 1.29 is 4.48 Å². The summed E-state index contributed by atoms with van der Waals surface area (Å²) in [7, 11) is 0. The van der Waals surface area contributed by atoms with Gasteiger partial charge in [0.1, 0.15) is 0 Å². The van der Waals surface area contributed by atoms with Crippen LogP contribution in [0.4, 0.5) is 4.48 Å². The van der Waals surface area contributed by atoms with Gasteiger partial charge in [-0.15, -0.1) is 4.48 Å². The Labute approximate surface area is 65.4 Å². The van der Waals surface area contributed by atoms with Crippen LogP contribution in [0.3, 0.4) is 0 Å². The number of nitrogens with zero attached hydrogens (tertiary/aromatic N) is 1. The van der Waals surface area contributed by atoms with E-state index in [0.29, 0.717) is 6.42 Å². The number of aromatic nitrogens is 1. The van der Waals surface area contributed by atoms with Crippen molar-refractivity contribution in [2.24, 2.45) is 0 Å². The van der Waals surface area contributed by atoms with Crippen LogP contribution in [-0.2, 0) is 6.42 Å².